The minimum absolute atomic E-state index is 0.131. The van der Waals surface area contributed by atoms with E-state index in [4.69, 9.17) is 15.2 Å². The molecule has 0 spiro atoms. The summed E-state index contributed by atoms with van der Waals surface area (Å²) in [6.45, 7) is 8.45. The van der Waals surface area contributed by atoms with Gasteiger partial charge in [-0.3, -0.25) is 0 Å². The number of hydrogen-bond donors (Lipinski definition) is 1. The molecule has 0 aliphatic heterocycles. The number of unbranched alkanes of at least 4 members (excludes halogenated alkanes) is 15. The molecule has 3 heteroatoms. The molecule has 0 heterocycles. The molecule has 0 amide bonds. The van der Waals surface area contributed by atoms with Crippen molar-refractivity contribution in [2.45, 2.75) is 129 Å². The van der Waals surface area contributed by atoms with Crippen LogP contribution in [0.2, 0.25) is 0 Å². The van der Waals surface area contributed by atoms with Crippen molar-refractivity contribution in [3.8, 4) is 0 Å². The van der Waals surface area contributed by atoms with Crippen molar-refractivity contribution in [2.75, 3.05) is 6.61 Å². The van der Waals surface area contributed by atoms with Gasteiger partial charge in [0.05, 0.1) is 18.9 Å². The Kier molecular flexibility index (Phi) is 20.3. The van der Waals surface area contributed by atoms with Gasteiger partial charge in [-0.25, -0.2) is 0 Å². The molecule has 0 radical (unpaired) electrons. The van der Waals surface area contributed by atoms with E-state index in [9.17, 15) is 0 Å². The zero-order valence-corrected chi connectivity index (χ0v) is 17.9. The molecule has 0 aromatic heterocycles. The van der Waals surface area contributed by atoms with Crippen LogP contribution in [0.3, 0.4) is 0 Å². The molecule has 0 rings (SSSR count). The lowest BCUT2D eigenvalue weighted by Crippen LogP contribution is -2.35. The summed E-state index contributed by atoms with van der Waals surface area (Å²) < 4.78 is 10.9. The fourth-order valence-electron chi connectivity index (χ4n) is 3.26. The second-order valence-electron chi connectivity index (χ2n) is 7.70. The van der Waals surface area contributed by atoms with Crippen molar-refractivity contribution in [2.24, 2.45) is 5.73 Å². The summed E-state index contributed by atoms with van der Waals surface area (Å²) in [6, 6.07) is -0.131. The molecule has 0 aromatic carbocycles. The summed E-state index contributed by atoms with van der Waals surface area (Å²) in [5.41, 5.74) is 5.80. The Morgan fingerprint density at radius 1 is 0.731 bits per heavy atom. The highest BCUT2D eigenvalue weighted by Crippen LogP contribution is 2.14. The molecule has 0 aliphatic rings. The van der Waals surface area contributed by atoms with Crippen LogP contribution >= 0.6 is 0 Å². The minimum Gasteiger partial charge on any atom is -0.471 e. The molecule has 0 saturated heterocycles. The van der Waals surface area contributed by atoms with Crippen molar-refractivity contribution < 1.29 is 9.47 Å². The van der Waals surface area contributed by atoms with Gasteiger partial charge in [0.25, 0.3) is 0 Å². The van der Waals surface area contributed by atoms with Crippen molar-refractivity contribution in [1.82, 2.24) is 0 Å². The van der Waals surface area contributed by atoms with E-state index in [0.717, 1.165) is 13.0 Å². The Labute approximate surface area is 164 Å². The van der Waals surface area contributed by atoms with Crippen LogP contribution in [0, 0.1) is 0 Å². The molecule has 0 bridgehead atoms. The number of rotatable bonds is 21. The van der Waals surface area contributed by atoms with E-state index in [1.165, 1.54) is 103 Å². The maximum Gasteiger partial charge on any atom is 0.213 e. The summed E-state index contributed by atoms with van der Waals surface area (Å²) in [4.78, 5) is 0. The lowest BCUT2D eigenvalue weighted by atomic mass is 10.0. The van der Waals surface area contributed by atoms with E-state index in [0.29, 0.717) is 0 Å². The van der Waals surface area contributed by atoms with E-state index in [-0.39, 0.29) is 12.3 Å². The van der Waals surface area contributed by atoms with Gasteiger partial charge in [0, 0.05) is 0 Å². The van der Waals surface area contributed by atoms with Crippen molar-refractivity contribution in [3.63, 3.8) is 0 Å². The van der Waals surface area contributed by atoms with Gasteiger partial charge in [-0.2, -0.15) is 0 Å². The molecule has 2 unspecified atom stereocenters. The number of ether oxygens (including phenoxy) is 2. The quantitative estimate of drug-likeness (QED) is 0.133. The second-order valence-corrected chi connectivity index (χ2v) is 7.70. The Bertz CT molecular complexity index is 281. The molecule has 2 N–H and O–H groups in total. The standard InChI is InChI=1S/C23H47NO2/c1-4-6-7-8-9-10-11-12-13-14-15-16-17-18-19-20-21-26-23(22(3)24)25-5-2/h5,22-23H,2,4,6-21,24H2,1,3H3. The van der Waals surface area contributed by atoms with E-state index in [1.807, 2.05) is 6.92 Å². The minimum atomic E-state index is -0.358. The first-order chi connectivity index (χ1) is 12.7. The Balaban J connectivity index is 3.16. The molecule has 0 saturated carbocycles. The van der Waals surface area contributed by atoms with Crippen LogP contribution in [0.4, 0.5) is 0 Å². The predicted molar refractivity (Wildman–Crippen MR) is 114 cm³/mol. The summed E-state index contributed by atoms with van der Waals surface area (Å²) in [6.07, 6.45) is 23.2. The average Bonchev–Trinajstić information content (AvgIpc) is 2.63. The van der Waals surface area contributed by atoms with Gasteiger partial charge >= 0.3 is 0 Å². The summed E-state index contributed by atoms with van der Waals surface area (Å²) >= 11 is 0. The highest BCUT2D eigenvalue weighted by Gasteiger charge is 2.13. The molecule has 26 heavy (non-hydrogen) atoms. The van der Waals surface area contributed by atoms with Gasteiger partial charge < -0.3 is 15.2 Å². The lowest BCUT2D eigenvalue weighted by Gasteiger charge is -2.20. The molecular formula is C23H47NO2. The number of hydrogen-bond acceptors (Lipinski definition) is 3. The third kappa shape index (κ3) is 18.3. The van der Waals surface area contributed by atoms with Crippen molar-refractivity contribution in [3.05, 3.63) is 12.8 Å². The molecular weight excluding hydrogens is 322 g/mol. The average molecular weight is 370 g/mol. The van der Waals surface area contributed by atoms with Crippen molar-refractivity contribution in [1.29, 1.82) is 0 Å². The zero-order chi connectivity index (χ0) is 19.3. The first-order valence-electron chi connectivity index (χ1n) is 11.4. The summed E-state index contributed by atoms with van der Waals surface area (Å²) in [5, 5.41) is 0. The van der Waals surface area contributed by atoms with Gasteiger partial charge in [-0.05, 0) is 13.3 Å². The first kappa shape index (κ1) is 25.5. The first-order valence-corrected chi connectivity index (χ1v) is 11.4. The van der Waals surface area contributed by atoms with E-state index in [2.05, 4.69) is 13.5 Å². The molecule has 156 valence electrons. The molecule has 0 fully saturated rings. The number of nitrogens with two attached hydrogens (primary N) is 1. The molecule has 0 aliphatic carbocycles. The third-order valence-electron chi connectivity index (χ3n) is 4.94. The molecule has 0 aromatic rings. The van der Waals surface area contributed by atoms with E-state index < -0.39 is 0 Å². The van der Waals surface area contributed by atoms with Crippen molar-refractivity contribution >= 4 is 0 Å². The van der Waals surface area contributed by atoms with E-state index >= 15 is 0 Å². The smallest absolute Gasteiger partial charge is 0.213 e. The Morgan fingerprint density at radius 3 is 1.46 bits per heavy atom. The van der Waals surface area contributed by atoms with Crippen LogP contribution in [0.15, 0.2) is 12.8 Å². The summed E-state index contributed by atoms with van der Waals surface area (Å²) in [7, 11) is 0. The maximum absolute atomic E-state index is 5.80. The van der Waals surface area contributed by atoms with Crippen LogP contribution in [0.25, 0.3) is 0 Å². The third-order valence-corrected chi connectivity index (χ3v) is 4.94. The normalized spacial score (nSPS) is 13.5. The fraction of sp³-hybridized carbons (Fsp3) is 0.913. The van der Waals surface area contributed by atoms with Gasteiger partial charge in [0.1, 0.15) is 0 Å². The zero-order valence-electron chi connectivity index (χ0n) is 17.9. The topological polar surface area (TPSA) is 44.5 Å². The van der Waals surface area contributed by atoms with Crippen LogP contribution in [0.1, 0.15) is 117 Å². The van der Waals surface area contributed by atoms with Gasteiger partial charge in [-0.1, -0.05) is 110 Å². The van der Waals surface area contributed by atoms with E-state index in [1.54, 1.807) is 0 Å². The van der Waals surface area contributed by atoms with Gasteiger partial charge in [0.2, 0.25) is 6.29 Å². The highest BCUT2D eigenvalue weighted by molar-refractivity contribution is 4.63. The second kappa shape index (κ2) is 20.8. The van der Waals surface area contributed by atoms with Crippen LogP contribution in [0.5, 0.6) is 0 Å². The fourth-order valence-corrected chi connectivity index (χ4v) is 3.26. The maximum atomic E-state index is 5.80. The SMILES string of the molecule is C=COC(OCCCCCCCCCCCCCCCCCC)C(C)N. The predicted octanol–water partition coefficient (Wildman–Crippen LogP) is 7.10. The van der Waals surface area contributed by atoms with Crippen LogP contribution in [-0.2, 0) is 9.47 Å². The molecule has 3 nitrogen and oxygen atoms in total. The Hall–Kier alpha value is -0.540. The lowest BCUT2D eigenvalue weighted by molar-refractivity contribution is -0.117. The van der Waals surface area contributed by atoms with Gasteiger partial charge in [0.15, 0.2) is 0 Å². The molecule has 2 atom stereocenters. The van der Waals surface area contributed by atoms with Crippen LogP contribution < -0.4 is 5.73 Å². The van der Waals surface area contributed by atoms with Gasteiger partial charge in [-0.15, -0.1) is 0 Å². The van der Waals surface area contributed by atoms with Crippen LogP contribution in [-0.4, -0.2) is 18.9 Å². The Morgan fingerprint density at radius 2 is 1.12 bits per heavy atom. The largest absolute Gasteiger partial charge is 0.471 e. The monoisotopic (exact) mass is 369 g/mol. The summed E-state index contributed by atoms with van der Waals surface area (Å²) in [5.74, 6) is 0. The highest BCUT2D eigenvalue weighted by atomic mass is 16.7.